The van der Waals surface area contributed by atoms with Crippen LogP contribution in [-0.2, 0) is 17.8 Å². The summed E-state index contributed by atoms with van der Waals surface area (Å²) in [6.45, 7) is 2.43. The Labute approximate surface area is 109 Å². The molecule has 0 aliphatic rings. The van der Waals surface area contributed by atoms with Crippen LogP contribution in [0.25, 0.3) is 22.5 Å². The van der Waals surface area contributed by atoms with Crippen LogP contribution in [0, 0.1) is 0 Å². The van der Waals surface area contributed by atoms with Gasteiger partial charge in [-0.1, -0.05) is 12.1 Å². The van der Waals surface area contributed by atoms with Crippen molar-refractivity contribution in [3.05, 3.63) is 29.8 Å². The number of H-pyrrole nitrogens is 1. The molecule has 3 aromatic heterocycles. The standard InChI is InChI=1S/C13H14N4O2/c1-3-11-16-13(19-17-11)12-9(7-18-2)8-4-5-14-10(8)6-15-12/h4-6,14H,3,7H2,1-2H3. The number of hydrogen-bond donors (Lipinski definition) is 1. The fourth-order valence-electron chi connectivity index (χ4n) is 2.06. The Bertz CT molecular complexity index is 702. The first-order chi connectivity index (χ1) is 9.33. The van der Waals surface area contributed by atoms with E-state index in [4.69, 9.17) is 9.26 Å². The fourth-order valence-corrected chi connectivity index (χ4v) is 2.06. The summed E-state index contributed by atoms with van der Waals surface area (Å²) in [6.07, 6.45) is 4.37. The minimum absolute atomic E-state index is 0.437. The lowest BCUT2D eigenvalue weighted by Crippen LogP contribution is -1.96. The molecule has 0 aliphatic heterocycles. The molecule has 1 N–H and O–H groups in total. The normalized spacial score (nSPS) is 11.3. The average Bonchev–Trinajstić information content (AvgIpc) is 3.07. The van der Waals surface area contributed by atoms with Crippen LogP contribution < -0.4 is 0 Å². The molecule has 98 valence electrons. The molecule has 0 bridgehead atoms. The topological polar surface area (TPSA) is 76.8 Å². The summed E-state index contributed by atoms with van der Waals surface area (Å²) >= 11 is 0. The number of nitrogens with one attached hydrogen (secondary N) is 1. The average molecular weight is 258 g/mol. The third-order valence-electron chi connectivity index (χ3n) is 2.99. The van der Waals surface area contributed by atoms with E-state index in [1.54, 1.807) is 13.3 Å². The van der Waals surface area contributed by atoms with Gasteiger partial charge in [-0.15, -0.1) is 0 Å². The van der Waals surface area contributed by atoms with Crippen molar-refractivity contribution < 1.29 is 9.26 Å². The molecular weight excluding hydrogens is 244 g/mol. The monoisotopic (exact) mass is 258 g/mol. The van der Waals surface area contributed by atoms with Crippen LogP contribution in [0.5, 0.6) is 0 Å². The van der Waals surface area contributed by atoms with Crippen molar-refractivity contribution in [2.75, 3.05) is 7.11 Å². The summed E-state index contributed by atoms with van der Waals surface area (Å²) in [7, 11) is 1.65. The predicted molar refractivity (Wildman–Crippen MR) is 69.5 cm³/mol. The van der Waals surface area contributed by atoms with Crippen molar-refractivity contribution >= 4 is 10.9 Å². The molecule has 0 aliphatic carbocycles. The smallest absolute Gasteiger partial charge is 0.276 e. The minimum atomic E-state index is 0.437. The molecule has 0 saturated carbocycles. The molecule has 6 nitrogen and oxygen atoms in total. The molecule has 3 aromatic rings. The third-order valence-corrected chi connectivity index (χ3v) is 2.99. The van der Waals surface area contributed by atoms with Crippen molar-refractivity contribution in [2.24, 2.45) is 0 Å². The number of hydrogen-bond acceptors (Lipinski definition) is 5. The summed E-state index contributed by atoms with van der Waals surface area (Å²) in [5.41, 5.74) is 2.60. The maximum atomic E-state index is 5.26. The van der Waals surface area contributed by atoms with Crippen molar-refractivity contribution in [1.29, 1.82) is 0 Å². The van der Waals surface area contributed by atoms with E-state index in [-0.39, 0.29) is 0 Å². The van der Waals surface area contributed by atoms with E-state index in [1.165, 1.54) is 0 Å². The molecule has 0 amide bonds. The first-order valence-electron chi connectivity index (χ1n) is 6.10. The molecule has 3 rings (SSSR count). The second-order valence-corrected chi connectivity index (χ2v) is 4.19. The third kappa shape index (κ3) is 2.00. The Kier molecular flexibility index (Phi) is 3.00. The van der Waals surface area contributed by atoms with Gasteiger partial charge in [-0.3, -0.25) is 0 Å². The zero-order chi connectivity index (χ0) is 13.2. The van der Waals surface area contributed by atoms with Gasteiger partial charge in [-0.2, -0.15) is 4.98 Å². The zero-order valence-electron chi connectivity index (χ0n) is 10.8. The maximum absolute atomic E-state index is 5.26. The lowest BCUT2D eigenvalue weighted by molar-refractivity contribution is 0.186. The summed E-state index contributed by atoms with van der Waals surface area (Å²) in [5, 5.41) is 4.96. The van der Waals surface area contributed by atoms with E-state index in [2.05, 4.69) is 20.1 Å². The van der Waals surface area contributed by atoms with Crippen LogP contribution in [0.15, 0.2) is 23.0 Å². The van der Waals surface area contributed by atoms with E-state index in [9.17, 15) is 0 Å². The first kappa shape index (κ1) is 11.9. The Morgan fingerprint density at radius 2 is 2.32 bits per heavy atom. The second kappa shape index (κ2) is 4.81. The lowest BCUT2D eigenvalue weighted by atomic mass is 10.1. The Hall–Kier alpha value is -2.21. The van der Waals surface area contributed by atoms with E-state index >= 15 is 0 Å². The van der Waals surface area contributed by atoms with Gasteiger partial charge < -0.3 is 14.2 Å². The summed E-state index contributed by atoms with van der Waals surface area (Å²) in [5.74, 6) is 1.11. The predicted octanol–water partition coefficient (Wildman–Crippen LogP) is 2.32. The highest BCUT2D eigenvalue weighted by atomic mass is 16.5. The molecule has 0 atom stereocenters. The number of fused-ring (bicyclic) bond motifs is 1. The van der Waals surface area contributed by atoms with E-state index in [0.717, 1.165) is 22.9 Å². The molecule has 0 radical (unpaired) electrons. The van der Waals surface area contributed by atoms with Crippen LogP contribution in [0.1, 0.15) is 18.3 Å². The van der Waals surface area contributed by atoms with Gasteiger partial charge in [0.1, 0.15) is 5.69 Å². The highest BCUT2D eigenvalue weighted by Crippen LogP contribution is 2.27. The Morgan fingerprint density at radius 3 is 3.05 bits per heavy atom. The van der Waals surface area contributed by atoms with Gasteiger partial charge in [0.2, 0.25) is 0 Å². The van der Waals surface area contributed by atoms with Crippen LogP contribution in [-0.4, -0.2) is 27.2 Å². The quantitative estimate of drug-likeness (QED) is 0.777. The lowest BCUT2D eigenvalue weighted by Gasteiger charge is -2.05. The number of rotatable bonds is 4. The first-order valence-corrected chi connectivity index (χ1v) is 6.10. The number of aryl methyl sites for hydroxylation is 1. The molecule has 0 fully saturated rings. The largest absolute Gasteiger partial charge is 0.380 e. The number of aromatic nitrogens is 4. The highest BCUT2D eigenvalue weighted by Gasteiger charge is 2.17. The van der Waals surface area contributed by atoms with Crippen molar-refractivity contribution in [3.63, 3.8) is 0 Å². The van der Waals surface area contributed by atoms with Crippen LogP contribution in [0.4, 0.5) is 0 Å². The molecule has 3 heterocycles. The summed E-state index contributed by atoms with van der Waals surface area (Å²) in [6, 6.07) is 1.99. The van der Waals surface area contributed by atoms with E-state index < -0.39 is 0 Å². The van der Waals surface area contributed by atoms with Crippen LogP contribution in [0.3, 0.4) is 0 Å². The van der Waals surface area contributed by atoms with Gasteiger partial charge in [0, 0.05) is 30.7 Å². The SMILES string of the molecule is CCc1noc(-c2ncc3[nH]ccc3c2COC)n1. The van der Waals surface area contributed by atoms with Gasteiger partial charge in [0.15, 0.2) is 5.82 Å². The van der Waals surface area contributed by atoms with Gasteiger partial charge in [-0.05, 0) is 6.07 Å². The Balaban J connectivity index is 2.18. The molecule has 0 aromatic carbocycles. The minimum Gasteiger partial charge on any atom is -0.380 e. The van der Waals surface area contributed by atoms with Gasteiger partial charge in [-0.25, -0.2) is 4.98 Å². The van der Waals surface area contributed by atoms with Crippen LogP contribution in [0.2, 0.25) is 0 Å². The zero-order valence-corrected chi connectivity index (χ0v) is 10.8. The van der Waals surface area contributed by atoms with Gasteiger partial charge in [0.25, 0.3) is 5.89 Å². The molecule has 0 unspecified atom stereocenters. The maximum Gasteiger partial charge on any atom is 0.276 e. The second-order valence-electron chi connectivity index (χ2n) is 4.19. The van der Waals surface area contributed by atoms with Crippen molar-refractivity contribution in [3.8, 4) is 11.6 Å². The van der Waals surface area contributed by atoms with E-state index in [1.807, 2.05) is 19.2 Å². The fraction of sp³-hybridized carbons (Fsp3) is 0.308. The molecular formula is C13H14N4O2. The molecule has 0 spiro atoms. The number of nitrogens with zero attached hydrogens (tertiary/aromatic N) is 3. The summed E-state index contributed by atoms with van der Waals surface area (Å²) in [4.78, 5) is 11.9. The molecule has 19 heavy (non-hydrogen) atoms. The number of pyridine rings is 1. The van der Waals surface area contributed by atoms with Gasteiger partial charge >= 0.3 is 0 Å². The van der Waals surface area contributed by atoms with Gasteiger partial charge in [0.05, 0.1) is 18.3 Å². The van der Waals surface area contributed by atoms with Crippen LogP contribution >= 0.6 is 0 Å². The number of ether oxygens (including phenoxy) is 1. The molecule has 0 saturated heterocycles. The number of methoxy groups -OCH3 is 1. The number of aromatic amines is 1. The highest BCUT2D eigenvalue weighted by molar-refractivity contribution is 5.86. The van der Waals surface area contributed by atoms with Crippen molar-refractivity contribution in [1.82, 2.24) is 20.1 Å². The Morgan fingerprint density at radius 1 is 1.42 bits per heavy atom. The van der Waals surface area contributed by atoms with E-state index in [0.29, 0.717) is 24.0 Å². The van der Waals surface area contributed by atoms with Crippen molar-refractivity contribution in [2.45, 2.75) is 20.0 Å². The molecule has 6 heteroatoms. The summed E-state index contributed by atoms with van der Waals surface area (Å²) < 4.78 is 10.5.